The normalized spacial score (nSPS) is 11.8. The zero-order chi connectivity index (χ0) is 17.0. The van der Waals surface area contributed by atoms with Crippen molar-refractivity contribution in [2.45, 2.75) is 39.7 Å². The molecule has 0 saturated heterocycles. The maximum atomic E-state index is 5.57. The molecule has 0 heterocycles. The fourth-order valence-electron chi connectivity index (χ4n) is 2.01. The van der Waals surface area contributed by atoms with Crippen LogP contribution in [0.2, 0.25) is 0 Å². The zero-order valence-electron chi connectivity index (χ0n) is 15.1. The first-order valence-corrected chi connectivity index (χ1v) is 8.40. The summed E-state index contributed by atoms with van der Waals surface area (Å²) in [6.07, 6.45) is 0.943. The zero-order valence-corrected chi connectivity index (χ0v) is 15.1. The summed E-state index contributed by atoms with van der Waals surface area (Å²) in [6.45, 7) is 12.6. The van der Waals surface area contributed by atoms with Crippen LogP contribution in [0.4, 0.5) is 0 Å². The smallest absolute Gasteiger partial charge is 0.0707 e. The lowest BCUT2D eigenvalue weighted by Crippen LogP contribution is -2.22. The number of hydrogen-bond acceptors (Lipinski definition) is 4. The van der Waals surface area contributed by atoms with Gasteiger partial charge in [0.2, 0.25) is 0 Å². The highest BCUT2D eigenvalue weighted by molar-refractivity contribution is 5.22. The van der Waals surface area contributed by atoms with Gasteiger partial charge < -0.3 is 18.9 Å². The molecule has 1 rings (SSSR count). The van der Waals surface area contributed by atoms with Crippen molar-refractivity contribution in [2.75, 3.05) is 46.2 Å². The lowest BCUT2D eigenvalue weighted by molar-refractivity contribution is -0.0449. The average Bonchev–Trinajstić information content (AvgIpc) is 2.47. The van der Waals surface area contributed by atoms with Crippen LogP contribution in [0.3, 0.4) is 0 Å². The third kappa shape index (κ3) is 12.2. The fraction of sp³-hybridized carbons (Fsp3) is 0.684. The lowest BCUT2D eigenvalue weighted by Gasteiger charge is -2.19. The van der Waals surface area contributed by atoms with Gasteiger partial charge in [-0.3, -0.25) is 0 Å². The SMILES string of the molecule is Cc1cccc(CCOCCOCCOCCOC(C)(C)C)c1. The van der Waals surface area contributed by atoms with Gasteiger partial charge in [-0.2, -0.15) is 0 Å². The van der Waals surface area contributed by atoms with E-state index in [4.69, 9.17) is 18.9 Å². The molecule has 23 heavy (non-hydrogen) atoms. The van der Waals surface area contributed by atoms with Crippen molar-refractivity contribution in [3.8, 4) is 0 Å². The minimum absolute atomic E-state index is 0.102. The number of ether oxygens (including phenoxy) is 4. The van der Waals surface area contributed by atoms with Gasteiger partial charge in [-0.15, -0.1) is 0 Å². The van der Waals surface area contributed by atoms with E-state index in [0.29, 0.717) is 39.6 Å². The molecular weight excluding hydrogens is 292 g/mol. The summed E-state index contributed by atoms with van der Waals surface area (Å²) < 4.78 is 22.0. The first kappa shape index (κ1) is 20.1. The molecule has 0 N–H and O–H groups in total. The molecule has 132 valence electrons. The summed E-state index contributed by atoms with van der Waals surface area (Å²) in [5.41, 5.74) is 2.51. The van der Waals surface area contributed by atoms with E-state index in [-0.39, 0.29) is 5.60 Å². The molecule has 4 heteroatoms. The minimum atomic E-state index is -0.102. The van der Waals surface area contributed by atoms with Gasteiger partial charge in [-0.05, 0) is 39.7 Å². The van der Waals surface area contributed by atoms with Crippen LogP contribution >= 0.6 is 0 Å². The van der Waals surface area contributed by atoms with Gasteiger partial charge in [0.15, 0.2) is 0 Å². The highest BCUT2D eigenvalue weighted by atomic mass is 16.6. The van der Waals surface area contributed by atoms with E-state index in [0.717, 1.165) is 13.0 Å². The predicted molar refractivity (Wildman–Crippen MR) is 93.0 cm³/mol. The third-order valence-corrected chi connectivity index (χ3v) is 3.12. The molecule has 0 amide bonds. The molecule has 0 bridgehead atoms. The monoisotopic (exact) mass is 324 g/mol. The van der Waals surface area contributed by atoms with E-state index in [1.54, 1.807) is 0 Å². The van der Waals surface area contributed by atoms with Gasteiger partial charge >= 0.3 is 0 Å². The van der Waals surface area contributed by atoms with Crippen LogP contribution in [0.15, 0.2) is 24.3 Å². The van der Waals surface area contributed by atoms with Gasteiger partial charge in [0.1, 0.15) is 0 Å². The Morgan fingerprint density at radius 1 is 0.783 bits per heavy atom. The second kappa shape index (κ2) is 11.6. The molecule has 1 aromatic carbocycles. The summed E-state index contributed by atoms with van der Waals surface area (Å²) in [7, 11) is 0. The molecule has 0 spiro atoms. The Morgan fingerprint density at radius 3 is 1.91 bits per heavy atom. The largest absolute Gasteiger partial charge is 0.379 e. The van der Waals surface area contributed by atoms with Crippen LogP contribution in [0.25, 0.3) is 0 Å². The number of benzene rings is 1. The number of hydrogen-bond donors (Lipinski definition) is 0. The van der Waals surface area contributed by atoms with Crippen molar-refractivity contribution in [1.29, 1.82) is 0 Å². The van der Waals surface area contributed by atoms with E-state index in [1.807, 2.05) is 20.8 Å². The highest BCUT2D eigenvalue weighted by Crippen LogP contribution is 2.05. The summed E-state index contributed by atoms with van der Waals surface area (Å²) in [5, 5.41) is 0. The Kier molecular flexibility index (Phi) is 10.1. The quantitative estimate of drug-likeness (QED) is 0.552. The molecule has 0 saturated carbocycles. The van der Waals surface area contributed by atoms with E-state index >= 15 is 0 Å². The van der Waals surface area contributed by atoms with Gasteiger partial charge in [-0.25, -0.2) is 0 Å². The van der Waals surface area contributed by atoms with Crippen LogP contribution in [-0.4, -0.2) is 51.8 Å². The highest BCUT2D eigenvalue weighted by Gasteiger charge is 2.08. The van der Waals surface area contributed by atoms with E-state index in [9.17, 15) is 0 Å². The molecule has 0 radical (unpaired) electrons. The number of aryl methyl sites for hydroxylation is 1. The second-order valence-electron chi connectivity index (χ2n) is 6.54. The Morgan fingerprint density at radius 2 is 1.35 bits per heavy atom. The van der Waals surface area contributed by atoms with E-state index in [2.05, 4.69) is 31.2 Å². The molecule has 0 aromatic heterocycles. The molecule has 0 fully saturated rings. The number of rotatable bonds is 12. The van der Waals surface area contributed by atoms with Crippen molar-refractivity contribution in [3.63, 3.8) is 0 Å². The lowest BCUT2D eigenvalue weighted by atomic mass is 10.1. The van der Waals surface area contributed by atoms with Crippen molar-refractivity contribution < 1.29 is 18.9 Å². The summed E-state index contributed by atoms with van der Waals surface area (Å²) in [5.74, 6) is 0. The van der Waals surface area contributed by atoms with Crippen molar-refractivity contribution >= 4 is 0 Å². The topological polar surface area (TPSA) is 36.9 Å². The standard InChI is InChI=1S/C19H32O4/c1-17-6-5-7-18(16-17)8-9-20-10-11-21-12-13-22-14-15-23-19(2,3)4/h5-7,16H,8-15H2,1-4H3. The second-order valence-corrected chi connectivity index (χ2v) is 6.54. The van der Waals surface area contributed by atoms with Crippen molar-refractivity contribution in [2.24, 2.45) is 0 Å². The first-order chi connectivity index (χ1) is 11.0. The Labute approximate surface area is 141 Å². The van der Waals surface area contributed by atoms with Crippen LogP contribution in [0.1, 0.15) is 31.9 Å². The molecule has 4 nitrogen and oxygen atoms in total. The van der Waals surface area contributed by atoms with Crippen LogP contribution < -0.4 is 0 Å². The third-order valence-electron chi connectivity index (χ3n) is 3.12. The Balaban J connectivity index is 1.83. The minimum Gasteiger partial charge on any atom is -0.379 e. The Hall–Kier alpha value is -0.940. The van der Waals surface area contributed by atoms with Crippen molar-refractivity contribution in [1.82, 2.24) is 0 Å². The van der Waals surface area contributed by atoms with E-state index in [1.165, 1.54) is 11.1 Å². The van der Waals surface area contributed by atoms with E-state index < -0.39 is 0 Å². The molecule has 0 atom stereocenters. The maximum Gasteiger partial charge on any atom is 0.0707 e. The molecular formula is C19H32O4. The van der Waals surface area contributed by atoms with Gasteiger partial charge in [-0.1, -0.05) is 29.8 Å². The van der Waals surface area contributed by atoms with Crippen LogP contribution in [0, 0.1) is 6.92 Å². The van der Waals surface area contributed by atoms with Gasteiger partial charge in [0.05, 0.1) is 51.8 Å². The van der Waals surface area contributed by atoms with Crippen molar-refractivity contribution in [3.05, 3.63) is 35.4 Å². The molecule has 0 aliphatic heterocycles. The molecule has 0 unspecified atom stereocenters. The maximum absolute atomic E-state index is 5.57. The fourth-order valence-corrected chi connectivity index (χ4v) is 2.01. The molecule has 1 aromatic rings. The van der Waals surface area contributed by atoms with Gasteiger partial charge in [0.25, 0.3) is 0 Å². The summed E-state index contributed by atoms with van der Waals surface area (Å²) in [6, 6.07) is 8.52. The predicted octanol–water partition coefficient (Wildman–Crippen LogP) is 3.40. The molecule has 0 aliphatic carbocycles. The van der Waals surface area contributed by atoms with Crippen LogP contribution in [0.5, 0.6) is 0 Å². The summed E-state index contributed by atoms with van der Waals surface area (Å²) in [4.78, 5) is 0. The first-order valence-electron chi connectivity index (χ1n) is 8.40. The Bertz CT molecular complexity index is 412. The average molecular weight is 324 g/mol. The van der Waals surface area contributed by atoms with Gasteiger partial charge in [0, 0.05) is 0 Å². The summed E-state index contributed by atoms with van der Waals surface area (Å²) >= 11 is 0. The molecule has 0 aliphatic rings. The van der Waals surface area contributed by atoms with Crippen LogP contribution in [-0.2, 0) is 25.4 Å².